The third-order valence-corrected chi connectivity index (χ3v) is 4.97. The predicted molar refractivity (Wildman–Crippen MR) is 104 cm³/mol. The van der Waals surface area contributed by atoms with Crippen molar-refractivity contribution >= 4 is 11.0 Å². The summed E-state index contributed by atoms with van der Waals surface area (Å²) in [7, 11) is 0. The van der Waals surface area contributed by atoms with Gasteiger partial charge in [0.15, 0.2) is 0 Å². The molecule has 136 valence electrons. The van der Waals surface area contributed by atoms with Gasteiger partial charge < -0.3 is 14.0 Å². The molecule has 1 saturated heterocycles. The molecule has 26 heavy (non-hydrogen) atoms. The lowest BCUT2D eigenvalue weighted by Gasteiger charge is -2.13. The summed E-state index contributed by atoms with van der Waals surface area (Å²) < 4.78 is 14.1. The maximum Gasteiger partial charge on any atom is 0.139 e. The summed E-state index contributed by atoms with van der Waals surface area (Å²) in [5.41, 5.74) is 3.53. The summed E-state index contributed by atoms with van der Waals surface area (Å²) in [4.78, 5) is 4.86. The van der Waals surface area contributed by atoms with Crippen molar-refractivity contribution in [2.75, 3.05) is 13.2 Å². The maximum absolute atomic E-state index is 5.90. The number of imidazole rings is 1. The molecule has 0 spiro atoms. The molecule has 2 heterocycles. The monoisotopic (exact) mass is 350 g/mol. The van der Waals surface area contributed by atoms with Crippen LogP contribution in [0.1, 0.15) is 43.2 Å². The van der Waals surface area contributed by atoms with Gasteiger partial charge in [-0.25, -0.2) is 4.98 Å². The molecule has 4 heteroatoms. The van der Waals surface area contributed by atoms with Crippen LogP contribution < -0.4 is 4.74 Å². The molecular weight excluding hydrogens is 324 g/mol. The summed E-state index contributed by atoms with van der Waals surface area (Å²) in [5.74, 6) is 2.03. The zero-order valence-electron chi connectivity index (χ0n) is 15.4. The summed E-state index contributed by atoms with van der Waals surface area (Å²) in [6.07, 6.45) is 4.42. The Morgan fingerprint density at radius 3 is 2.77 bits per heavy atom. The summed E-state index contributed by atoms with van der Waals surface area (Å²) in [6.45, 7) is 4.63. The lowest BCUT2D eigenvalue weighted by molar-refractivity contribution is 0.102. The Bertz CT molecular complexity index is 848. The quantitative estimate of drug-likeness (QED) is 0.559. The first kappa shape index (κ1) is 17.1. The minimum Gasteiger partial charge on any atom is -0.494 e. The molecule has 1 atom stereocenters. The summed E-state index contributed by atoms with van der Waals surface area (Å²) >= 11 is 0. The minimum absolute atomic E-state index is 0.145. The van der Waals surface area contributed by atoms with E-state index in [9.17, 15) is 0 Å². The molecule has 2 aromatic carbocycles. The molecule has 1 fully saturated rings. The van der Waals surface area contributed by atoms with Crippen molar-refractivity contribution in [3.63, 3.8) is 0 Å². The summed E-state index contributed by atoms with van der Waals surface area (Å²) in [5, 5.41) is 0. The van der Waals surface area contributed by atoms with E-state index in [4.69, 9.17) is 14.5 Å². The number of hydrogen-bond acceptors (Lipinski definition) is 3. The Balaban J connectivity index is 1.38. The molecular formula is C22H26N2O2. The van der Waals surface area contributed by atoms with Crippen LogP contribution in [-0.2, 0) is 11.3 Å². The normalized spacial score (nSPS) is 17.0. The van der Waals surface area contributed by atoms with Gasteiger partial charge in [-0.05, 0) is 56.9 Å². The van der Waals surface area contributed by atoms with E-state index in [0.717, 1.165) is 62.5 Å². The van der Waals surface area contributed by atoms with Crippen LogP contribution in [0.5, 0.6) is 5.75 Å². The van der Waals surface area contributed by atoms with E-state index in [0.29, 0.717) is 0 Å². The number of aryl methyl sites for hydroxylation is 2. The van der Waals surface area contributed by atoms with Crippen LogP contribution in [0.25, 0.3) is 11.0 Å². The molecule has 1 aliphatic rings. The van der Waals surface area contributed by atoms with Gasteiger partial charge >= 0.3 is 0 Å². The first-order chi connectivity index (χ1) is 12.8. The highest BCUT2D eigenvalue weighted by atomic mass is 16.5. The van der Waals surface area contributed by atoms with E-state index in [1.165, 1.54) is 11.1 Å². The Kier molecular flexibility index (Phi) is 5.21. The molecule has 3 aromatic rings. The van der Waals surface area contributed by atoms with Crippen LogP contribution in [0.3, 0.4) is 0 Å². The average Bonchev–Trinajstić information content (AvgIpc) is 3.31. The molecule has 1 aromatic heterocycles. The fourth-order valence-electron chi connectivity index (χ4n) is 3.55. The lowest BCUT2D eigenvalue weighted by Crippen LogP contribution is -2.10. The SMILES string of the molecule is Cc1ccc(OCCCCn2c(C3CCCO3)nc3ccccc32)cc1. The average molecular weight is 350 g/mol. The van der Waals surface area contributed by atoms with E-state index in [1.807, 2.05) is 18.2 Å². The third kappa shape index (κ3) is 3.75. The minimum atomic E-state index is 0.145. The standard InChI is InChI=1S/C22H26N2O2/c1-17-10-12-18(13-11-17)25-15-5-4-14-24-20-8-3-2-7-19(20)23-22(24)21-9-6-16-26-21/h2-3,7-8,10-13,21H,4-6,9,14-16H2,1H3. The maximum atomic E-state index is 5.90. The van der Waals surface area contributed by atoms with Crippen LogP contribution in [0.2, 0.25) is 0 Å². The Hall–Kier alpha value is -2.33. The van der Waals surface area contributed by atoms with Crippen LogP contribution in [0.15, 0.2) is 48.5 Å². The van der Waals surface area contributed by atoms with Gasteiger partial charge in [-0.3, -0.25) is 0 Å². The molecule has 1 unspecified atom stereocenters. The number of aromatic nitrogens is 2. The van der Waals surface area contributed by atoms with Gasteiger partial charge in [0.1, 0.15) is 17.7 Å². The van der Waals surface area contributed by atoms with E-state index >= 15 is 0 Å². The van der Waals surface area contributed by atoms with Crippen molar-refractivity contribution in [1.82, 2.24) is 9.55 Å². The van der Waals surface area contributed by atoms with Crippen LogP contribution >= 0.6 is 0 Å². The van der Waals surface area contributed by atoms with E-state index in [1.54, 1.807) is 0 Å². The first-order valence-electron chi connectivity index (χ1n) is 9.57. The van der Waals surface area contributed by atoms with Crippen molar-refractivity contribution in [2.45, 2.75) is 45.3 Å². The number of hydrogen-bond donors (Lipinski definition) is 0. The van der Waals surface area contributed by atoms with Crippen molar-refractivity contribution in [2.24, 2.45) is 0 Å². The number of unbranched alkanes of at least 4 members (excludes halogenated alkanes) is 1. The van der Waals surface area contributed by atoms with Crippen LogP contribution in [-0.4, -0.2) is 22.8 Å². The molecule has 0 saturated carbocycles. The predicted octanol–water partition coefficient (Wildman–Crippen LogP) is 5.06. The number of benzene rings is 2. The molecule has 0 aliphatic carbocycles. The third-order valence-electron chi connectivity index (χ3n) is 4.97. The van der Waals surface area contributed by atoms with Crippen LogP contribution in [0, 0.1) is 6.92 Å². The van der Waals surface area contributed by atoms with E-state index in [2.05, 4.69) is 41.8 Å². The molecule has 0 amide bonds. The Morgan fingerprint density at radius 2 is 1.96 bits per heavy atom. The Morgan fingerprint density at radius 1 is 1.12 bits per heavy atom. The topological polar surface area (TPSA) is 36.3 Å². The number of para-hydroxylation sites is 2. The smallest absolute Gasteiger partial charge is 0.139 e. The highest BCUT2D eigenvalue weighted by Crippen LogP contribution is 2.30. The highest BCUT2D eigenvalue weighted by molar-refractivity contribution is 5.76. The first-order valence-corrected chi connectivity index (χ1v) is 9.57. The molecule has 0 N–H and O–H groups in total. The lowest BCUT2D eigenvalue weighted by atomic mass is 10.2. The number of fused-ring (bicyclic) bond motifs is 1. The highest BCUT2D eigenvalue weighted by Gasteiger charge is 2.24. The van der Waals surface area contributed by atoms with Crippen molar-refractivity contribution in [3.05, 3.63) is 59.9 Å². The van der Waals surface area contributed by atoms with Crippen LogP contribution in [0.4, 0.5) is 0 Å². The molecule has 0 radical (unpaired) electrons. The summed E-state index contributed by atoms with van der Waals surface area (Å²) in [6, 6.07) is 16.6. The van der Waals surface area contributed by atoms with Gasteiger partial charge in [0.05, 0.1) is 17.6 Å². The molecule has 4 nitrogen and oxygen atoms in total. The van der Waals surface area contributed by atoms with Gasteiger partial charge in [-0.2, -0.15) is 0 Å². The fourth-order valence-corrected chi connectivity index (χ4v) is 3.55. The van der Waals surface area contributed by atoms with Gasteiger partial charge in [0.2, 0.25) is 0 Å². The zero-order chi connectivity index (χ0) is 17.8. The number of ether oxygens (including phenoxy) is 2. The van der Waals surface area contributed by atoms with Gasteiger partial charge in [-0.15, -0.1) is 0 Å². The second kappa shape index (κ2) is 7.92. The van der Waals surface area contributed by atoms with Crippen molar-refractivity contribution in [3.8, 4) is 5.75 Å². The fraction of sp³-hybridized carbons (Fsp3) is 0.409. The molecule has 0 bridgehead atoms. The number of rotatable bonds is 7. The second-order valence-electron chi connectivity index (χ2n) is 6.98. The largest absolute Gasteiger partial charge is 0.494 e. The van der Waals surface area contributed by atoms with E-state index in [-0.39, 0.29) is 6.10 Å². The molecule has 4 rings (SSSR count). The van der Waals surface area contributed by atoms with Crippen molar-refractivity contribution < 1.29 is 9.47 Å². The molecule has 1 aliphatic heterocycles. The zero-order valence-corrected chi connectivity index (χ0v) is 15.4. The van der Waals surface area contributed by atoms with E-state index < -0.39 is 0 Å². The van der Waals surface area contributed by atoms with Gasteiger partial charge in [0, 0.05) is 13.2 Å². The Labute approximate surface area is 154 Å². The van der Waals surface area contributed by atoms with Crippen molar-refractivity contribution in [1.29, 1.82) is 0 Å². The number of nitrogens with zero attached hydrogens (tertiary/aromatic N) is 2. The van der Waals surface area contributed by atoms with Gasteiger partial charge in [-0.1, -0.05) is 29.8 Å². The van der Waals surface area contributed by atoms with Gasteiger partial charge in [0.25, 0.3) is 0 Å². The second-order valence-corrected chi connectivity index (χ2v) is 6.98.